The fraction of sp³-hybridized carbons (Fsp3) is 0.150. The molecule has 4 rings (SSSR count). The lowest BCUT2D eigenvalue weighted by Crippen LogP contribution is -2.27. The molecule has 0 atom stereocenters. The lowest BCUT2D eigenvalue weighted by Gasteiger charge is -2.28. The van der Waals surface area contributed by atoms with Gasteiger partial charge in [0.1, 0.15) is 12.7 Å². The van der Waals surface area contributed by atoms with Crippen molar-refractivity contribution in [3.8, 4) is 0 Å². The highest BCUT2D eigenvalue weighted by Gasteiger charge is 2.19. The van der Waals surface area contributed by atoms with Crippen LogP contribution in [0.2, 0.25) is 0 Å². The number of anilines is 2. The standard InChI is InChI=1S/C20H18N4/c1-14(2)24(20-22-12-21-13-23-20)19-11-15-7-3-4-8-16(15)17-9-5-6-10-18(17)19/h3-14H,1-2H3. The van der Waals surface area contributed by atoms with E-state index < -0.39 is 0 Å². The zero-order valence-electron chi connectivity index (χ0n) is 13.7. The summed E-state index contributed by atoms with van der Waals surface area (Å²) in [7, 11) is 0. The second-order valence-corrected chi connectivity index (χ2v) is 6.06. The quantitative estimate of drug-likeness (QED) is 0.513. The van der Waals surface area contributed by atoms with E-state index in [0.29, 0.717) is 5.95 Å². The van der Waals surface area contributed by atoms with Crippen molar-refractivity contribution >= 4 is 33.2 Å². The van der Waals surface area contributed by atoms with Gasteiger partial charge in [-0.25, -0.2) is 15.0 Å². The van der Waals surface area contributed by atoms with E-state index in [4.69, 9.17) is 0 Å². The molecule has 1 aromatic heterocycles. The zero-order valence-corrected chi connectivity index (χ0v) is 13.7. The Morgan fingerprint density at radius 1 is 0.792 bits per heavy atom. The van der Waals surface area contributed by atoms with E-state index in [-0.39, 0.29) is 6.04 Å². The minimum atomic E-state index is 0.219. The maximum Gasteiger partial charge on any atom is 0.233 e. The van der Waals surface area contributed by atoms with Gasteiger partial charge in [0, 0.05) is 11.4 Å². The van der Waals surface area contributed by atoms with Crippen molar-refractivity contribution in [3.05, 3.63) is 67.3 Å². The summed E-state index contributed by atoms with van der Waals surface area (Å²) in [4.78, 5) is 14.8. The minimum absolute atomic E-state index is 0.219. The highest BCUT2D eigenvalue weighted by Crippen LogP contribution is 2.37. The van der Waals surface area contributed by atoms with Crippen molar-refractivity contribution in [3.63, 3.8) is 0 Å². The maximum atomic E-state index is 4.37. The molecule has 0 aliphatic carbocycles. The molecule has 0 radical (unpaired) electrons. The average Bonchev–Trinajstić information content (AvgIpc) is 2.63. The van der Waals surface area contributed by atoms with Crippen molar-refractivity contribution in [1.29, 1.82) is 0 Å². The number of aromatic nitrogens is 3. The van der Waals surface area contributed by atoms with Gasteiger partial charge in [-0.15, -0.1) is 0 Å². The van der Waals surface area contributed by atoms with Crippen LogP contribution in [0.25, 0.3) is 21.5 Å². The van der Waals surface area contributed by atoms with Crippen molar-refractivity contribution in [1.82, 2.24) is 15.0 Å². The summed E-state index contributed by atoms with van der Waals surface area (Å²) in [6.07, 6.45) is 3.09. The highest BCUT2D eigenvalue weighted by atomic mass is 15.3. The first-order chi connectivity index (χ1) is 11.8. The van der Waals surface area contributed by atoms with Crippen LogP contribution < -0.4 is 4.90 Å². The van der Waals surface area contributed by atoms with E-state index in [0.717, 1.165) is 5.69 Å². The third kappa shape index (κ3) is 2.36. The minimum Gasteiger partial charge on any atom is -0.307 e. The van der Waals surface area contributed by atoms with Gasteiger partial charge in [0.25, 0.3) is 0 Å². The smallest absolute Gasteiger partial charge is 0.233 e. The molecule has 0 saturated heterocycles. The van der Waals surface area contributed by atoms with Crippen LogP contribution >= 0.6 is 0 Å². The summed E-state index contributed by atoms with van der Waals surface area (Å²) in [5, 5.41) is 4.91. The predicted octanol–water partition coefficient (Wildman–Crippen LogP) is 4.72. The molecule has 118 valence electrons. The Balaban J connectivity index is 2.07. The second-order valence-electron chi connectivity index (χ2n) is 6.06. The maximum absolute atomic E-state index is 4.37. The summed E-state index contributed by atoms with van der Waals surface area (Å²) >= 11 is 0. The number of rotatable bonds is 3. The highest BCUT2D eigenvalue weighted by molar-refractivity contribution is 6.13. The van der Waals surface area contributed by atoms with Gasteiger partial charge in [0.15, 0.2) is 0 Å². The predicted molar refractivity (Wildman–Crippen MR) is 98.6 cm³/mol. The summed E-state index contributed by atoms with van der Waals surface area (Å²) < 4.78 is 0. The normalized spacial score (nSPS) is 11.3. The number of nitrogens with zero attached hydrogens (tertiary/aromatic N) is 4. The molecule has 4 aromatic rings. The van der Waals surface area contributed by atoms with Crippen molar-refractivity contribution in [2.24, 2.45) is 0 Å². The molecule has 0 bridgehead atoms. The SMILES string of the molecule is CC(C)N(c1ncncn1)c1cc2ccccc2c2ccccc12. The second kappa shape index (κ2) is 5.89. The van der Waals surface area contributed by atoms with Gasteiger partial charge in [-0.1, -0.05) is 48.5 Å². The summed E-state index contributed by atoms with van der Waals surface area (Å²) in [6, 6.07) is 19.4. The molecular formula is C20H18N4. The van der Waals surface area contributed by atoms with Crippen LogP contribution in [0.5, 0.6) is 0 Å². The van der Waals surface area contributed by atoms with Crippen molar-refractivity contribution in [2.75, 3.05) is 4.90 Å². The molecule has 1 heterocycles. The van der Waals surface area contributed by atoms with Crippen LogP contribution in [0, 0.1) is 0 Å². The Kier molecular flexibility index (Phi) is 3.58. The van der Waals surface area contributed by atoms with E-state index in [9.17, 15) is 0 Å². The number of hydrogen-bond acceptors (Lipinski definition) is 4. The van der Waals surface area contributed by atoms with Gasteiger partial charge in [0.05, 0.1) is 5.69 Å². The fourth-order valence-electron chi connectivity index (χ4n) is 3.21. The fourth-order valence-corrected chi connectivity index (χ4v) is 3.21. The van der Waals surface area contributed by atoms with Crippen molar-refractivity contribution < 1.29 is 0 Å². The molecule has 24 heavy (non-hydrogen) atoms. The number of benzene rings is 3. The molecule has 0 spiro atoms. The van der Waals surface area contributed by atoms with Crippen LogP contribution in [0.15, 0.2) is 67.3 Å². The molecule has 0 saturated carbocycles. The molecule has 0 amide bonds. The molecule has 4 nitrogen and oxygen atoms in total. The van der Waals surface area contributed by atoms with E-state index >= 15 is 0 Å². The van der Waals surface area contributed by atoms with Gasteiger partial charge in [0.2, 0.25) is 5.95 Å². The first-order valence-corrected chi connectivity index (χ1v) is 8.07. The monoisotopic (exact) mass is 314 g/mol. The van der Waals surface area contributed by atoms with Gasteiger partial charge in [-0.05, 0) is 36.1 Å². The zero-order chi connectivity index (χ0) is 16.5. The molecule has 0 N–H and O–H groups in total. The molecule has 3 aromatic carbocycles. The molecular weight excluding hydrogens is 296 g/mol. The molecule has 0 fully saturated rings. The Labute approximate surface area is 140 Å². The Bertz CT molecular complexity index is 996. The van der Waals surface area contributed by atoms with E-state index in [1.165, 1.54) is 21.5 Å². The Morgan fingerprint density at radius 2 is 1.42 bits per heavy atom. The largest absolute Gasteiger partial charge is 0.307 e. The van der Waals surface area contributed by atoms with Gasteiger partial charge >= 0.3 is 0 Å². The Hall–Kier alpha value is -3.01. The lowest BCUT2D eigenvalue weighted by molar-refractivity contribution is 0.760. The van der Waals surface area contributed by atoms with Crippen LogP contribution in [0.1, 0.15) is 13.8 Å². The van der Waals surface area contributed by atoms with Crippen LogP contribution in [-0.4, -0.2) is 21.0 Å². The Morgan fingerprint density at radius 3 is 2.12 bits per heavy atom. The third-order valence-electron chi connectivity index (χ3n) is 4.22. The van der Waals surface area contributed by atoms with Gasteiger partial charge < -0.3 is 4.90 Å². The summed E-state index contributed by atoms with van der Waals surface area (Å²) in [5.41, 5.74) is 1.12. The number of hydrogen-bond donors (Lipinski definition) is 0. The third-order valence-corrected chi connectivity index (χ3v) is 4.22. The first kappa shape index (κ1) is 14.6. The van der Waals surface area contributed by atoms with E-state index in [1.54, 1.807) is 12.7 Å². The van der Waals surface area contributed by atoms with Gasteiger partial charge in [-0.3, -0.25) is 0 Å². The first-order valence-electron chi connectivity index (χ1n) is 8.07. The molecule has 4 heteroatoms. The molecule has 0 unspecified atom stereocenters. The van der Waals surface area contributed by atoms with Crippen LogP contribution in [-0.2, 0) is 0 Å². The topological polar surface area (TPSA) is 41.9 Å². The van der Waals surface area contributed by atoms with E-state index in [2.05, 4.69) is 88.3 Å². The van der Waals surface area contributed by atoms with Crippen LogP contribution in [0.3, 0.4) is 0 Å². The molecule has 0 aliphatic heterocycles. The molecule has 0 aliphatic rings. The van der Waals surface area contributed by atoms with E-state index in [1.807, 2.05) is 0 Å². The average molecular weight is 314 g/mol. The summed E-state index contributed by atoms with van der Waals surface area (Å²) in [6.45, 7) is 4.29. The van der Waals surface area contributed by atoms with Gasteiger partial charge in [-0.2, -0.15) is 0 Å². The van der Waals surface area contributed by atoms with Crippen LogP contribution in [0.4, 0.5) is 11.6 Å². The lowest BCUT2D eigenvalue weighted by atomic mass is 9.99. The summed E-state index contributed by atoms with van der Waals surface area (Å²) in [5.74, 6) is 0.667. The van der Waals surface area contributed by atoms with Crippen molar-refractivity contribution in [2.45, 2.75) is 19.9 Å². The number of fused-ring (bicyclic) bond motifs is 3.